The monoisotopic (exact) mass is 455 g/mol. The summed E-state index contributed by atoms with van der Waals surface area (Å²) in [6.45, 7) is 10.5. The van der Waals surface area contributed by atoms with Crippen molar-refractivity contribution in [2.45, 2.75) is 40.2 Å². The van der Waals surface area contributed by atoms with Gasteiger partial charge in [-0.05, 0) is 49.7 Å². The second kappa shape index (κ2) is 7.25. The molecule has 0 saturated heterocycles. The van der Waals surface area contributed by atoms with Crippen molar-refractivity contribution >= 4 is 21.9 Å². The molecule has 5 nitrogen and oxygen atoms in total. The van der Waals surface area contributed by atoms with Gasteiger partial charge in [-0.2, -0.15) is 0 Å². The minimum absolute atomic E-state index is 0. The second-order valence-corrected chi connectivity index (χ2v) is 7.30. The molecule has 0 spiro atoms. The summed E-state index contributed by atoms with van der Waals surface area (Å²) in [6.07, 6.45) is 1.76. The summed E-state index contributed by atoms with van der Waals surface area (Å²) in [6, 6.07) is 5.41. The van der Waals surface area contributed by atoms with E-state index in [9.17, 15) is 5.11 Å². The van der Waals surface area contributed by atoms with Crippen molar-refractivity contribution in [3.63, 3.8) is 0 Å². The fourth-order valence-electron chi connectivity index (χ4n) is 3.73. The average Bonchev–Trinajstić information content (AvgIpc) is 3.11. The van der Waals surface area contributed by atoms with Crippen molar-refractivity contribution in [1.82, 2.24) is 14.7 Å². The first-order valence-corrected chi connectivity index (χ1v) is 8.81. The van der Waals surface area contributed by atoms with Gasteiger partial charge in [0.05, 0.1) is 17.1 Å². The van der Waals surface area contributed by atoms with Gasteiger partial charge in [0, 0.05) is 55.5 Å². The Labute approximate surface area is 187 Å². The minimum atomic E-state index is -1.28. The van der Waals surface area contributed by atoms with Crippen LogP contribution in [0.3, 0.4) is 0 Å². The van der Waals surface area contributed by atoms with Crippen LogP contribution in [0.5, 0.6) is 0 Å². The molecule has 1 radical (unpaired) electrons. The first kappa shape index (κ1) is 21.0. The summed E-state index contributed by atoms with van der Waals surface area (Å²) in [7, 11) is 0. The van der Waals surface area contributed by atoms with Gasteiger partial charge in [-0.1, -0.05) is 30.3 Å². The molecule has 143 valence electrons. The molecule has 0 saturated carbocycles. The Hall–Kier alpha value is -1.76. The van der Waals surface area contributed by atoms with Gasteiger partial charge in [0.2, 0.25) is 0 Å². The average molecular weight is 455 g/mol. The van der Waals surface area contributed by atoms with E-state index in [1.807, 2.05) is 32.9 Å². The summed E-state index contributed by atoms with van der Waals surface area (Å²) in [5, 5.41) is 15.0. The Bertz CT molecular complexity index is 1170. The maximum absolute atomic E-state index is 15.3. The van der Waals surface area contributed by atoms with Crippen molar-refractivity contribution < 1.29 is 46.7 Å². The Morgan fingerprint density at radius 3 is 2.54 bits per heavy atom. The van der Waals surface area contributed by atoms with Gasteiger partial charge >= 0.3 is 0 Å². The van der Waals surface area contributed by atoms with Crippen LogP contribution in [0.2, 0.25) is 0 Å². The number of rotatable bonds is 3. The number of pyridine rings is 1. The van der Waals surface area contributed by atoms with Crippen LogP contribution in [0.1, 0.15) is 37.8 Å². The third-order valence-corrected chi connectivity index (χ3v) is 4.98. The molecular weight excluding hydrogens is 434 g/mol. The van der Waals surface area contributed by atoms with E-state index in [1.54, 1.807) is 37.2 Å². The molecule has 0 atom stereocenters. The van der Waals surface area contributed by atoms with Crippen molar-refractivity contribution in [3.05, 3.63) is 53.8 Å². The van der Waals surface area contributed by atoms with Crippen LogP contribution in [-0.4, -0.2) is 19.8 Å². The van der Waals surface area contributed by atoms with Crippen LogP contribution in [0, 0.1) is 26.2 Å². The largest absolute Gasteiger partial charge is 0.475 e. The second-order valence-electron chi connectivity index (χ2n) is 7.30. The number of hydrogen-bond donors (Lipinski definition) is 1. The molecule has 0 fully saturated rings. The molecule has 3 aromatic heterocycles. The van der Waals surface area contributed by atoms with Crippen LogP contribution < -0.4 is 0 Å². The number of nitrogens with zero attached hydrogens (tertiary/aromatic N) is 3. The third kappa shape index (κ3) is 3.08. The summed E-state index contributed by atoms with van der Waals surface area (Å²) < 4.78 is 22.4. The molecule has 4 rings (SSSR count). The van der Waals surface area contributed by atoms with E-state index in [4.69, 9.17) is 4.52 Å². The topological polar surface area (TPSA) is 64.1 Å². The molecule has 1 N–H and O–H groups in total. The number of aliphatic hydroxyl groups is 1. The van der Waals surface area contributed by atoms with E-state index in [-0.39, 0.29) is 38.3 Å². The van der Waals surface area contributed by atoms with E-state index in [0.717, 1.165) is 22.3 Å². The number of aryl methyl sites for hydroxylation is 2. The predicted octanol–water partition coefficient (Wildman–Crippen LogP) is 4.86. The van der Waals surface area contributed by atoms with Gasteiger partial charge < -0.3 is 14.2 Å². The molecule has 0 unspecified atom stereocenters. The number of benzene rings is 1. The molecule has 0 bridgehead atoms. The van der Waals surface area contributed by atoms with Crippen LogP contribution in [0.25, 0.3) is 33.1 Å². The first-order chi connectivity index (χ1) is 12.7. The molecule has 3 heterocycles. The van der Waals surface area contributed by atoms with Crippen LogP contribution >= 0.6 is 0 Å². The van der Waals surface area contributed by atoms with Gasteiger partial charge in [-0.3, -0.25) is 4.98 Å². The number of hydrogen-bond acceptors (Lipinski definition) is 4. The fourth-order valence-corrected chi connectivity index (χ4v) is 3.73. The molecule has 0 aliphatic heterocycles. The van der Waals surface area contributed by atoms with E-state index in [1.165, 1.54) is 0 Å². The predicted molar refractivity (Wildman–Crippen MR) is 103 cm³/mol. The summed E-state index contributed by atoms with van der Waals surface area (Å²) >= 11 is 0. The smallest absolute Gasteiger partial charge is 0.141 e. The summed E-state index contributed by atoms with van der Waals surface area (Å²) in [5.41, 5.74) is 3.44. The van der Waals surface area contributed by atoms with Gasteiger partial charge in [0.15, 0.2) is 0 Å². The fraction of sp³-hybridized carbons (Fsp3) is 0.286. The number of fused-ring (bicyclic) bond motifs is 3. The first-order valence-electron chi connectivity index (χ1n) is 8.81. The van der Waals surface area contributed by atoms with Gasteiger partial charge in [-0.25, -0.2) is 4.39 Å². The quantitative estimate of drug-likeness (QED) is 0.449. The molecule has 0 aliphatic rings. The third-order valence-electron chi connectivity index (χ3n) is 4.98. The van der Waals surface area contributed by atoms with Gasteiger partial charge in [-0.15, -0.1) is 6.54 Å². The maximum atomic E-state index is 15.3. The van der Waals surface area contributed by atoms with Crippen LogP contribution in [-0.2, 0) is 38.3 Å². The molecule has 0 aliphatic carbocycles. The SMILES string of the molecule is C[CH-]n1c2cc(-c3c(C)noc3C)cnc2c2ccc(C(C)(C)O)c(F)c21.[Y]. The Kier molecular flexibility index (Phi) is 5.43. The normalized spacial score (nSPS) is 11.8. The zero-order valence-electron chi connectivity index (χ0n) is 16.5. The molecule has 4 aromatic rings. The zero-order chi connectivity index (χ0) is 19.5. The van der Waals surface area contributed by atoms with E-state index in [2.05, 4.69) is 10.1 Å². The summed E-state index contributed by atoms with van der Waals surface area (Å²) in [5.74, 6) is 0.280. The Morgan fingerprint density at radius 1 is 1.25 bits per heavy atom. The molecule has 7 heteroatoms. The molecule has 28 heavy (non-hydrogen) atoms. The molecule has 1 aromatic carbocycles. The van der Waals surface area contributed by atoms with Crippen molar-refractivity contribution in [1.29, 1.82) is 0 Å². The van der Waals surface area contributed by atoms with Crippen LogP contribution in [0.4, 0.5) is 4.39 Å². The van der Waals surface area contributed by atoms with Crippen LogP contribution in [0.15, 0.2) is 28.9 Å². The van der Waals surface area contributed by atoms with Crippen molar-refractivity contribution in [3.8, 4) is 11.1 Å². The Morgan fingerprint density at radius 2 is 1.96 bits per heavy atom. The van der Waals surface area contributed by atoms with E-state index >= 15 is 4.39 Å². The minimum Gasteiger partial charge on any atom is -0.475 e. The van der Waals surface area contributed by atoms with Gasteiger partial charge in [0.1, 0.15) is 5.76 Å². The number of halogens is 1. The molecule has 0 amide bonds. The molecular formula is C21H21FN3O2Y-. The maximum Gasteiger partial charge on any atom is 0.141 e. The van der Waals surface area contributed by atoms with E-state index < -0.39 is 11.4 Å². The standard InChI is InChI=1S/C21H21FN3O2.Y/c1-6-25-16-9-13(17-11(2)24-27-12(17)3)10-23-19(16)14-7-8-15(21(4,5)26)18(22)20(14)25;/h6-10,26H,1-5H3;/q-1;. The Balaban J connectivity index is 0.00000225. The number of aromatic nitrogens is 3. The van der Waals surface area contributed by atoms with E-state index in [0.29, 0.717) is 22.2 Å². The van der Waals surface area contributed by atoms with Crippen molar-refractivity contribution in [2.24, 2.45) is 0 Å². The zero-order valence-corrected chi connectivity index (χ0v) is 19.4. The summed E-state index contributed by atoms with van der Waals surface area (Å²) in [4.78, 5) is 4.61. The van der Waals surface area contributed by atoms with Gasteiger partial charge in [0.25, 0.3) is 0 Å². The van der Waals surface area contributed by atoms with Crippen molar-refractivity contribution in [2.75, 3.05) is 0 Å².